The molecule has 3 rings (SSSR count). The van der Waals surface area contributed by atoms with Crippen molar-refractivity contribution in [2.45, 2.75) is 6.36 Å². The lowest BCUT2D eigenvalue weighted by Gasteiger charge is -2.08. The number of carbonyl (C=O) groups is 1. The van der Waals surface area contributed by atoms with Crippen molar-refractivity contribution in [1.82, 2.24) is 15.2 Å². The summed E-state index contributed by atoms with van der Waals surface area (Å²) in [7, 11) is 1.52. The fourth-order valence-electron chi connectivity index (χ4n) is 2.26. The van der Waals surface area contributed by atoms with Crippen LogP contribution in [0.1, 0.15) is 10.4 Å². The zero-order chi connectivity index (χ0) is 19.4. The molecule has 2 N–H and O–H groups in total. The minimum absolute atomic E-state index is 0.0107. The van der Waals surface area contributed by atoms with E-state index in [9.17, 15) is 18.0 Å². The number of nitrogens with one attached hydrogen (secondary N) is 2. The van der Waals surface area contributed by atoms with E-state index in [-0.39, 0.29) is 11.5 Å². The van der Waals surface area contributed by atoms with Gasteiger partial charge in [-0.3, -0.25) is 15.2 Å². The maximum absolute atomic E-state index is 12.2. The van der Waals surface area contributed by atoms with Crippen LogP contribution in [0.15, 0.2) is 48.5 Å². The monoisotopic (exact) mass is 378 g/mol. The number of benzene rings is 2. The summed E-state index contributed by atoms with van der Waals surface area (Å²) in [5.41, 5.74) is 0.773. The van der Waals surface area contributed by atoms with E-state index in [1.807, 2.05) is 0 Å². The molecule has 0 saturated heterocycles. The van der Waals surface area contributed by atoms with E-state index >= 15 is 0 Å². The number of anilines is 1. The minimum Gasteiger partial charge on any atom is -0.496 e. The van der Waals surface area contributed by atoms with Gasteiger partial charge in [0.25, 0.3) is 5.91 Å². The molecule has 7 nitrogen and oxygen atoms in total. The molecule has 0 atom stereocenters. The van der Waals surface area contributed by atoms with E-state index in [0.29, 0.717) is 17.1 Å². The van der Waals surface area contributed by atoms with E-state index in [4.69, 9.17) is 4.74 Å². The number of halogens is 3. The van der Waals surface area contributed by atoms with E-state index in [0.717, 1.165) is 12.1 Å². The Labute approximate surface area is 151 Å². The number of H-pyrrole nitrogens is 1. The maximum atomic E-state index is 12.2. The van der Waals surface area contributed by atoms with Crippen LogP contribution in [0, 0.1) is 0 Å². The first-order valence-electron chi connectivity index (χ1n) is 7.58. The fraction of sp³-hybridized carbons (Fsp3) is 0.118. The molecule has 27 heavy (non-hydrogen) atoms. The van der Waals surface area contributed by atoms with Gasteiger partial charge >= 0.3 is 6.36 Å². The van der Waals surface area contributed by atoms with Gasteiger partial charge in [0.2, 0.25) is 5.95 Å². The number of hydrogen-bond acceptors (Lipinski definition) is 5. The van der Waals surface area contributed by atoms with Crippen LogP contribution in [0.3, 0.4) is 0 Å². The number of rotatable bonds is 5. The second kappa shape index (κ2) is 7.36. The number of aromatic amines is 1. The van der Waals surface area contributed by atoms with Gasteiger partial charge in [-0.15, -0.1) is 18.3 Å². The summed E-state index contributed by atoms with van der Waals surface area (Å²) in [6.07, 6.45) is -4.79. The summed E-state index contributed by atoms with van der Waals surface area (Å²) in [5, 5.41) is 9.05. The highest BCUT2D eigenvalue weighted by atomic mass is 19.4. The summed E-state index contributed by atoms with van der Waals surface area (Å²) in [6, 6.07) is 11.6. The van der Waals surface area contributed by atoms with Crippen molar-refractivity contribution >= 4 is 11.9 Å². The van der Waals surface area contributed by atoms with Crippen LogP contribution in [0.5, 0.6) is 11.5 Å². The Hall–Kier alpha value is -3.56. The zero-order valence-corrected chi connectivity index (χ0v) is 13.9. The number of methoxy groups -OCH3 is 1. The molecule has 10 heteroatoms. The number of alkyl halides is 3. The third-order valence-corrected chi connectivity index (χ3v) is 3.42. The minimum atomic E-state index is -4.79. The van der Waals surface area contributed by atoms with Gasteiger partial charge in [-0.2, -0.15) is 4.98 Å². The summed E-state index contributed by atoms with van der Waals surface area (Å²) < 4.78 is 45.5. The number of ether oxygens (including phenoxy) is 2. The van der Waals surface area contributed by atoms with E-state index in [2.05, 4.69) is 25.2 Å². The first-order chi connectivity index (χ1) is 12.9. The second-order valence-electron chi connectivity index (χ2n) is 5.23. The molecule has 1 amide bonds. The molecule has 0 aliphatic carbocycles. The van der Waals surface area contributed by atoms with Crippen LogP contribution in [-0.4, -0.2) is 34.6 Å². The van der Waals surface area contributed by atoms with Crippen molar-refractivity contribution in [3.63, 3.8) is 0 Å². The van der Waals surface area contributed by atoms with Crippen LogP contribution in [0.25, 0.3) is 11.4 Å². The Morgan fingerprint density at radius 1 is 1.11 bits per heavy atom. The van der Waals surface area contributed by atoms with Crippen molar-refractivity contribution in [2.75, 3.05) is 12.4 Å². The smallest absolute Gasteiger partial charge is 0.496 e. The van der Waals surface area contributed by atoms with Crippen molar-refractivity contribution in [1.29, 1.82) is 0 Å². The topological polar surface area (TPSA) is 89.1 Å². The highest BCUT2D eigenvalue weighted by Gasteiger charge is 2.31. The molecule has 0 unspecified atom stereocenters. The van der Waals surface area contributed by atoms with Gasteiger partial charge in [0.1, 0.15) is 11.5 Å². The lowest BCUT2D eigenvalue weighted by atomic mass is 10.2. The van der Waals surface area contributed by atoms with Gasteiger partial charge in [-0.25, -0.2) is 0 Å². The normalized spacial score (nSPS) is 11.1. The van der Waals surface area contributed by atoms with Crippen LogP contribution < -0.4 is 14.8 Å². The van der Waals surface area contributed by atoms with Gasteiger partial charge < -0.3 is 9.47 Å². The standard InChI is InChI=1S/C17H13F3N4O3/c1-26-13-5-3-2-4-12(13)14-21-16(24-23-14)22-15(25)10-6-8-11(9-7-10)27-17(18,19)20/h2-9H,1H3,(H2,21,22,23,24,25). The van der Waals surface area contributed by atoms with E-state index < -0.39 is 18.0 Å². The van der Waals surface area contributed by atoms with Crippen LogP contribution >= 0.6 is 0 Å². The molecule has 1 aromatic heterocycles. The summed E-state index contributed by atoms with van der Waals surface area (Å²) in [4.78, 5) is 16.4. The average Bonchev–Trinajstić information content (AvgIpc) is 3.09. The quantitative estimate of drug-likeness (QED) is 0.708. The summed E-state index contributed by atoms with van der Waals surface area (Å²) >= 11 is 0. The third kappa shape index (κ3) is 4.54. The van der Waals surface area contributed by atoms with Crippen molar-refractivity contribution in [3.05, 3.63) is 54.1 Å². The molecular weight excluding hydrogens is 365 g/mol. The largest absolute Gasteiger partial charge is 0.573 e. The molecule has 0 aliphatic heterocycles. The fourth-order valence-corrected chi connectivity index (χ4v) is 2.26. The Morgan fingerprint density at radius 3 is 2.48 bits per heavy atom. The molecule has 0 aliphatic rings. The van der Waals surface area contributed by atoms with Gasteiger partial charge in [0, 0.05) is 5.56 Å². The second-order valence-corrected chi connectivity index (χ2v) is 5.23. The molecule has 0 saturated carbocycles. The molecule has 0 radical (unpaired) electrons. The first kappa shape index (κ1) is 18.2. The summed E-state index contributed by atoms with van der Waals surface area (Å²) in [5.74, 6) is -0.0329. The molecule has 3 aromatic rings. The molecule has 0 fully saturated rings. The molecule has 2 aromatic carbocycles. The molecule has 1 heterocycles. The highest BCUT2D eigenvalue weighted by molar-refractivity contribution is 6.03. The Kier molecular flexibility index (Phi) is 4.97. The first-order valence-corrected chi connectivity index (χ1v) is 7.58. The summed E-state index contributed by atoms with van der Waals surface area (Å²) in [6.45, 7) is 0. The molecule has 140 valence electrons. The lowest BCUT2D eigenvalue weighted by Crippen LogP contribution is -2.17. The van der Waals surface area contributed by atoms with Crippen molar-refractivity contribution < 1.29 is 27.4 Å². The number of amides is 1. The van der Waals surface area contributed by atoms with Crippen LogP contribution in [0.4, 0.5) is 19.1 Å². The van der Waals surface area contributed by atoms with E-state index in [1.165, 1.54) is 19.2 Å². The van der Waals surface area contributed by atoms with Gasteiger partial charge in [0.15, 0.2) is 5.82 Å². The van der Waals surface area contributed by atoms with Crippen molar-refractivity contribution in [3.8, 4) is 22.9 Å². The molecule has 0 bridgehead atoms. The Balaban J connectivity index is 1.71. The van der Waals surface area contributed by atoms with E-state index in [1.54, 1.807) is 24.3 Å². The Bertz CT molecular complexity index is 939. The molecular formula is C17H13F3N4O3. The lowest BCUT2D eigenvalue weighted by molar-refractivity contribution is -0.274. The SMILES string of the molecule is COc1ccccc1-c1nc(NC(=O)c2ccc(OC(F)(F)F)cc2)n[nH]1. The van der Waals surface area contributed by atoms with Crippen LogP contribution in [-0.2, 0) is 0 Å². The number of para-hydroxylation sites is 1. The van der Waals surface area contributed by atoms with Gasteiger partial charge in [-0.1, -0.05) is 12.1 Å². The Morgan fingerprint density at radius 2 is 1.81 bits per heavy atom. The van der Waals surface area contributed by atoms with Gasteiger partial charge in [0.05, 0.1) is 12.7 Å². The number of nitrogens with zero attached hydrogens (tertiary/aromatic N) is 2. The third-order valence-electron chi connectivity index (χ3n) is 3.42. The van der Waals surface area contributed by atoms with Crippen LogP contribution in [0.2, 0.25) is 0 Å². The van der Waals surface area contributed by atoms with Crippen molar-refractivity contribution in [2.24, 2.45) is 0 Å². The predicted molar refractivity (Wildman–Crippen MR) is 89.4 cm³/mol. The number of carbonyl (C=O) groups excluding carboxylic acids is 1. The number of aromatic nitrogens is 3. The van der Waals surface area contributed by atoms with Gasteiger partial charge in [-0.05, 0) is 36.4 Å². The predicted octanol–water partition coefficient (Wildman–Crippen LogP) is 3.63. The molecule has 0 spiro atoms. The number of hydrogen-bond donors (Lipinski definition) is 2. The zero-order valence-electron chi connectivity index (χ0n) is 13.9. The average molecular weight is 378 g/mol. The maximum Gasteiger partial charge on any atom is 0.573 e. The highest BCUT2D eigenvalue weighted by Crippen LogP contribution is 2.27.